The Morgan fingerprint density at radius 3 is 2.69 bits per heavy atom. The molecule has 6 nitrogen and oxygen atoms in total. The number of aliphatic hydroxyl groups is 1. The third-order valence-electron chi connectivity index (χ3n) is 5.18. The van der Waals surface area contributed by atoms with Gasteiger partial charge in [0.05, 0.1) is 23.8 Å². The number of nitrogens with zero attached hydrogens (tertiary/aromatic N) is 5. The zero-order chi connectivity index (χ0) is 20.8. The molecule has 2 heterocycles. The summed E-state index contributed by atoms with van der Waals surface area (Å²) in [5, 5.41) is 21.3. The van der Waals surface area contributed by atoms with E-state index in [0.717, 1.165) is 33.2 Å². The highest BCUT2D eigenvalue weighted by atomic mass is 79.9. The molecule has 2 aromatic heterocycles. The van der Waals surface area contributed by atoms with Gasteiger partial charge in [-0.1, -0.05) is 22.0 Å². The van der Waals surface area contributed by atoms with Gasteiger partial charge in [0.25, 0.3) is 0 Å². The minimum atomic E-state index is -1.77. The SMILES string of the molecule is Cc1nn([C@H](C)[C@](O)(Cn2cncn2)c2ccc(F)cc2F)c2ccc(Br)cc12. The lowest BCUT2D eigenvalue weighted by Crippen LogP contribution is -2.41. The van der Waals surface area contributed by atoms with Crippen LogP contribution in [0.5, 0.6) is 0 Å². The monoisotopic (exact) mass is 461 g/mol. The number of aryl methyl sites for hydroxylation is 1. The van der Waals surface area contributed by atoms with E-state index in [0.29, 0.717) is 0 Å². The quantitative estimate of drug-likeness (QED) is 0.485. The molecular weight excluding hydrogens is 444 g/mol. The van der Waals surface area contributed by atoms with Gasteiger partial charge in [0.1, 0.15) is 29.9 Å². The smallest absolute Gasteiger partial charge is 0.137 e. The molecule has 0 radical (unpaired) electrons. The summed E-state index contributed by atoms with van der Waals surface area (Å²) in [6.45, 7) is 3.52. The van der Waals surface area contributed by atoms with Crippen LogP contribution in [-0.4, -0.2) is 29.7 Å². The van der Waals surface area contributed by atoms with Gasteiger partial charge in [-0.2, -0.15) is 10.2 Å². The maximum atomic E-state index is 14.7. The molecule has 0 fully saturated rings. The van der Waals surface area contributed by atoms with Crippen LogP contribution in [0.2, 0.25) is 0 Å². The Kier molecular flexibility index (Phi) is 4.95. The summed E-state index contributed by atoms with van der Waals surface area (Å²) in [6, 6.07) is 8.14. The van der Waals surface area contributed by atoms with Gasteiger partial charge in [0, 0.05) is 21.5 Å². The van der Waals surface area contributed by atoms with E-state index in [1.165, 1.54) is 23.4 Å². The van der Waals surface area contributed by atoms with Gasteiger partial charge in [0.2, 0.25) is 0 Å². The Balaban J connectivity index is 1.89. The van der Waals surface area contributed by atoms with Gasteiger partial charge in [-0.3, -0.25) is 4.68 Å². The zero-order valence-corrected chi connectivity index (χ0v) is 17.3. The molecule has 9 heteroatoms. The summed E-state index contributed by atoms with van der Waals surface area (Å²) >= 11 is 3.46. The summed E-state index contributed by atoms with van der Waals surface area (Å²) in [4.78, 5) is 3.89. The van der Waals surface area contributed by atoms with Crippen LogP contribution in [0, 0.1) is 18.6 Å². The Morgan fingerprint density at radius 2 is 2.00 bits per heavy atom. The van der Waals surface area contributed by atoms with Crippen molar-refractivity contribution in [2.24, 2.45) is 0 Å². The van der Waals surface area contributed by atoms with E-state index in [4.69, 9.17) is 0 Å². The predicted molar refractivity (Wildman–Crippen MR) is 107 cm³/mol. The van der Waals surface area contributed by atoms with Crippen LogP contribution in [0.15, 0.2) is 53.5 Å². The summed E-state index contributed by atoms with van der Waals surface area (Å²) in [6.07, 6.45) is 2.76. The summed E-state index contributed by atoms with van der Waals surface area (Å²) in [5.74, 6) is -1.55. The average Bonchev–Trinajstić information content (AvgIpc) is 3.29. The normalized spacial score (nSPS) is 14.8. The van der Waals surface area contributed by atoms with Crippen LogP contribution in [0.1, 0.15) is 24.2 Å². The lowest BCUT2D eigenvalue weighted by Gasteiger charge is -2.35. The van der Waals surface area contributed by atoms with E-state index in [9.17, 15) is 13.9 Å². The number of aromatic nitrogens is 5. The highest BCUT2D eigenvalue weighted by Crippen LogP contribution is 2.38. The first-order valence-corrected chi connectivity index (χ1v) is 9.73. The number of halogens is 3. The largest absolute Gasteiger partial charge is 0.381 e. The third kappa shape index (κ3) is 3.44. The average molecular weight is 462 g/mol. The maximum Gasteiger partial charge on any atom is 0.137 e. The number of benzene rings is 2. The molecule has 4 aromatic rings. The van der Waals surface area contributed by atoms with E-state index in [1.54, 1.807) is 11.6 Å². The van der Waals surface area contributed by atoms with Crippen molar-refractivity contribution in [2.45, 2.75) is 32.0 Å². The van der Waals surface area contributed by atoms with Crippen molar-refractivity contribution in [1.82, 2.24) is 24.5 Å². The Bertz CT molecular complexity index is 1180. The van der Waals surface area contributed by atoms with Crippen LogP contribution in [-0.2, 0) is 12.1 Å². The molecule has 0 aliphatic rings. The van der Waals surface area contributed by atoms with Crippen molar-refractivity contribution in [1.29, 1.82) is 0 Å². The highest BCUT2D eigenvalue weighted by Gasteiger charge is 2.41. The second-order valence-electron chi connectivity index (χ2n) is 7.01. The molecule has 0 saturated heterocycles. The molecule has 0 saturated carbocycles. The first-order valence-electron chi connectivity index (χ1n) is 8.94. The van der Waals surface area contributed by atoms with Crippen LogP contribution in [0.4, 0.5) is 8.78 Å². The van der Waals surface area contributed by atoms with Gasteiger partial charge >= 0.3 is 0 Å². The molecule has 1 N–H and O–H groups in total. The van der Waals surface area contributed by atoms with E-state index in [1.807, 2.05) is 25.1 Å². The standard InChI is InChI=1S/C20H18BrF2N5O/c1-12-16-7-14(21)3-6-19(16)28(26-12)13(2)20(29,9-27-11-24-10-25-27)17-5-4-15(22)8-18(17)23/h3-8,10-11,13,29H,9H2,1-2H3/t13-,20-/m1/s1. The second kappa shape index (κ2) is 7.31. The van der Waals surface area contributed by atoms with Gasteiger partial charge in [-0.05, 0) is 38.1 Å². The molecular formula is C20H18BrF2N5O. The van der Waals surface area contributed by atoms with Crippen molar-refractivity contribution in [3.05, 3.63) is 76.4 Å². The van der Waals surface area contributed by atoms with Crippen LogP contribution >= 0.6 is 15.9 Å². The van der Waals surface area contributed by atoms with E-state index >= 15 is 0 Å². The van der Waals surface area contributed by atoms with Crippen molar-refractivity contribution >= 4 is 26.8 Å². The summed E-state index contributed by atoms with van der Waals surface area (Å²) in [5.41, 5.74) is -0.252. The molecule has 2 atom stereocenters. The van der Waals surface area contributed by atoms with Crippen LogP contribution in [0.25, 0.3) is 10.9 Å². The minimum Gasteiger partial charge on any atom is -0.381 e. The van der Waals surface area contributed by atoms with Gasteiger partial charge in [-0.15, -0.1) is 0 Å². The second-order valence-corrected chi connectivity index (χ2v) is 7.92. The van der Waals surface area contributed by atoms with Crippen molar-refractivity contribution in [2.75, 3.05) is 0 Å². The molecule has 0 unspecified atom stereocenters. The molecule has 150 valence electrons. The molecule has 0 aliphatic heterocycles. The molecule has 0 bridgehead atoms. The molecule has 0 spiro atoms. The number of hydrogen-bond acceptors (Lipinski definition) is 4. The Hall–Kier alpha value is -2.65. The fourth-order valence-electron chi connectivity index (χ4n) is 3.61. The molecule has 0 amide bonds. The van der Waals surface area contributed by atoms with Crippen molar-refractivity contribution < 1.29 is 13.9 Å². The van der Waals surface area contributed by atoms with Crippen molar-refractivity contribution in [3.8, 4) is 0 Å². The molecule has 0 aliphatic carbocycles. The van der Waals surface area contributed by atoms with Gasteiger partial charge < -0.3 is 5.11 Å². The molecule has 29 heavy (non-hydrogen) atoms. The van der Waals surface area contributed by atoms with Crippen molar-refractivity contribution in [3.63, 3.8) is 0 Å². The number of hydrogen-bond donors (Lipinski definition) is 1. The minimum absolute atomic E-state index is 0.0414. The summed E-state index contributed by atoms with van der Waals surface area (Å²) in [7, 11) is 0. The van der Waals surface area contributed by atoms with E-state index < -0.39 is 23.3 Å². The van der Waals surface area contributed by atoms with E-state index in [-0.39, 0.29) is 12.1 Å². The fourth-order valence-corrected chi connectivity index (χ4v) is 3.97. The third-order valence-corrected chi connectivity index (χ3v) is 5.67. The number of rotatable bonds is 5. The Labute approximate surface area is 173 Å². The topological polar surface area (TPSA) is 68.8 Å². The first kappa shape index (κ1) is 19.7. The van der Waals surface area contributed by atoms with Gasteiger partial charge in [0.15, 0.2) is 0 Å². The number of fused-ring (bicyclic) bond motifs is 1. The summed E-state index contributed by atoms with van der Waals surface area (Å²) < 4.78 is 32.2. The molecule has 4 rings (SSSR count). The lowest BCUT2D eigenvalue weighted by molar-refractivity contribution is -0.0355. The molecule has 2 aromatic carbocycles. The maximum absolute atomic E-state index is 14.7. The Morgan fingerprint density at radius 1 is 1.21 bits per heavy atom. The predicted octanol–water partition coefficient (Wildman–Crippen LogP) is 4.13. The lowest BCUT2D eigenvalue weighted by atomic mass is 9.86. The van der Waals surface area contributed by atoms with E-state index in [2.05, 4.69) is 31.1 Å². The highest BCUT2D eigenvalue weighted by molar-refractivity contribution is 9.10. The van der Waals surface area contributed by atoms with Crippen LogP contribution in [0.3, 0.4) is 0 Å². The first-order chi connectivity index (χ1) is 13.8. The van der Waals surface area contributed by atoms with Gasteiger partial charge in [-0.25, -0.2) is 18.4 Å². The fraction of sp³-hybridized carbons (Fsp3) is 0.250. The zero-order valence-electron chi connectivity index (χ0n) is 15.7. The van der Waals surface area contributed by atoms with Crippen LogP contribution < -0.4 is 0 Å².